The fraction of sp³-hybridized carbons (Fsp3) is 0.933. The SMILES string of the molecule is CC(C)(C)[C@@H]1CC[C@]2(C)CCC(=O)CC2(O)C1. The summed E-state index contributed by atoms with van der Waals surface area (Å²) in [5.74, 6) is 0.783. The molecular weight excluding hydrogens is 212 g/mol. The second-order valence-electron chi connectivity index (χ2n) is 7.61. The number of rotatable bonds is 0. The first-order chi connectivity index (χ1) is 7.66. The number of Topliss-reactive ketones (excluding diaryl/α,β-unsaturated/α-hetero) is 1. The largest absolute Gasteiger partial charge is 0.389 e. The molecule has 2 rings (SSSR count). The molecule has 3 atom stereocenters. The minimum absolute atomic E-state index is 0.0251. The van der Waals surface area contributed by atoms with Gasteiger partial charge in [-0.1, -0.05) is 27.7 Å². The first-order valence-corrected chi connectivity index (χ1v) is 6.90. The second kappa shape index (κ2) is 3.81. The zero-order valence-electron chi connectivity index (χ0n) is 11.7. The van der Waals surface area contributed by atoms with E-state index in [1.807, 2.05) is 0 Å². The fourth-order valence-corrected chi connectivity index (χ4v) is 3.69. The van der Waals surface area contributed by atoms with E-state index >= 15 is 0 Å². The first-order valence-electron chi connectivity index (χ1n) is 6.90. The topological polar surface area (TPSA) is 37.3 Å². The van der Waals surface area contributed by atoms with Gasteiger partial charge in [-0.05, 0) is 42.4 Å². The molecule has 1 N–H and O–H groups in total. The monoisotopic (exact) mass is 238 g/mol. The number of carbonyl (C=O) groups is 1. The van der Waals surface area contributed by atoms with Crippen LogP contribution in [0, 0.1) is 16.7 Å². The van der Waals surface area contributed by atoms with E-state index in [2.05, 4.69) is 27.7 Å². The van der Waals surface area contributed by atoms with Crippen LogP contribution in [0.5, 0.6) is 0 Å². The summed E-state index contributed by atoms with van der Waals surface area (Å²) in [5.41, 5.74) is -0.529. The molecule has 0 aromatic heterocycles. The lowest BCUT2D eigenvalue weighted by Gasteiger charge is -2.55. The molecule has 2 aliphatic rings. The summed E-state index contributed by atoms with van der Waals surface area (Å²) in [6.07, 6.45) is 4.99. The summed E-state index contributed by atoms with van der Waals surface area (Å²) < 4.78 is 0. The summed E-state index contributed by atoms with van der Waals surface area (Å²) in [4.78, 5) is 11.7. The summed E-state index contributed by atoms with van der Waals surface area (Å²) in [6, 6.07) is 0. The van der Waals surface area contributed by atoms with Crippen molar-refractivity contribution in [3.05, 3.63) is 0 Å². The third-order valence-electron chi connectivity index (χ3n) is 5.42. The molecule has 0 amide bonds. The number of fused-ring (bicyclic) bond motifs is 1. The molecule has 1 unspecified atom stereocenters. The Hall–Kier alpha value is -0.370. The molecular formula is C15H26O2. The number of carbonyl (C=O) groups excluding carboxylic acids is 1. The van der Waals surface area contributed by atoms with Gasteiger partial charge in [0.2, 0.25) is 0 Å². The normalized spacial score (nSPS) is 43.4. The Balaban J connectivity index is 2.23. The van der Waals surface area contributed by atoms with Gasteiger partial charge in [-0.25, -0.2) is 0 Å². The number of ketones is 1. The summed E-state index contributed by atoms with van der Waals surface area (Å²) in [5, 5.41) is 10.9. The van der Waals surface area contributed by atoms with E-state index in [4.69, 9.17) is 0 Å². The lowest BCUT2D eigenvalue weighted by atomic mass is 9.52. The van der Waals surface area contributed by atoms with E-state index in [1.165, 1.54) is 6.42 Å². The zero-order valence-corrected chi connectivity index (χ0v) is 11.7. The lowest BCUT2D eigenvalue weighted by Crippen LogP contribution is -2.56. The minimum atomic E-state index is -0.738. The van der Waals surface area contributed by atoms with Gasteiger partial charge in [0.25, 0.3) is 0 Å². The van der Waals surface area contributed by atoms with E-state index in [0.29, 0.717) is 18.8 Å². The van der Waals surface area contributed by atoms with Crippen LogP contribution < -0.4 is 0 Å². The summed E-state index contributed by atoms with van der Waals surface area (Å²) in [6.45, 7) is 8.91. The smallest absolute Gasteiger partial charge is 0.135 e. The van der Waals surface area contributed by atoms with Gasteiger partial charge >= 0.3 is 0 Å². The van der Waals surface area contributed by atoms with Crippen molar-refractivity contribution in [1.82, 2.24) is 0 Å². The van der Waals surface area contributed by atoms with Crippen molar-refractivity contribution in [2.45, 2.75) is 71.8 Å². The molecule has 98 valence electrons. The molecule has 0 aromatic rings. The van der Waals surface area contributed by atoms with Crippen molar-refractivity contribution in [1.29, 1.82) is 0 Å². The second-order valence-corrected chi connectivity index (χ2v) is 7.61. The van der Waals surface area contributed by atoms with Crippen LogP contribution >= 0.6 is 0 Å². The summed E-state index contributed by atoms with van der Waals surface area (Å²) >= 11 is 0. The molecule has 0 radical (unpaired) electrons. The predicted molar refractivity (Wildman–Crippen MR) is 68.7 cm³/mol. The molecule has 2 saturated carbocycles. The predicted octanol–water partition coefficient (Wildman–Crippen LogP) is 3.32. The van der Waals surface area contributed by atoms with E-state index in [-0.39, 0.29) is 16.6 Å². The number of aliphatic hydroxyl groups is 1. The molecule has 2 heteroatoms. The Morgan fingerprint density at radius 3 is 2.53 bits per heavy atom. The Kier molecular flexibility index (Phi) is 2.93. The van der Waals surface area contributed by atoms with Gasteiger partial charge < -0.3 is 5.11 Å². The van der Waals surface area contributed by atoms with Crippen LogP contribution in [0.1, 0.15) is 66.2 Å². The van der Waals surface area contributed by atoms with Crippen LogP contribution in [0.2, 0.25) is 0 Å². The molecule has 0 bridgehead atoms. The molecule has 0 spiro atoms. The van der Waals surface area contributed by atoms with Gasteiger partial charge in [-0.15, -0.1) is 0 Å². The Labute approximate surface area is 105 Å². The van der Waals surface area contributed by atoms with Crippen molar-refractivity contribution in [2.24, 2.45) is 16.7 Å². The highest BCUT2D eigenvalue weighted by Crippen LogP contribution is 2.56. The van der Waals surface area contributed by atoms with E-state index in [9.17, 15) is 9.90 Å². The highest BCUT2D eigenvalue weighted by atomic mass is 16.3. The maximum Gasteiger partial charge on any atom is 0.135 e. The molecule has 17 heavy (non-hydrogen) atoms. The molecule has 0 saturated heterocycles. The van der Waals surface area contributed by atoms with Crippen molar-refractivity contribution < 1.29 is 9.90 Å². The van der Waals surface area contributed by atoms with Crippen LogP contribution in [0.15, 0.2) is 0 Å². The molecule has 2 fully saturated rings. The van der Waals surface area contributed by atoms with E-state index in [0.717, 1.165) is 19.3 Å². The molecule has 0 heterocycles. The van der Waals surface area contributed by atoms with Crippen molar-refractivity contribution in [3.63, 3.8) is 0 Å². The van der Waals surface area contributed by atoms with Gasteiger partial charge in [-0.3, -0.25) is 4.79 Å². The zero-order chi connectivity index (χ0) is 12.9. The lowest BCUT2D eigenvalue weighted by molar-refractivity contribution is -0.167. The van der Waals surface area contributed by atoms with Crippen molar-refractivity contribution in [2.75, 3.05) is 0 Å². The standard InChI is InChI=1S/C15H26O2/c1-13(2,3)11-5-7-14(4)8-6-12(16)10-15(14,17)9-11/h11,17H,5-10H2,1-4H3/t11-,14-,15?/m1/s1. The van der Waals surface area contributed by atoms with E-state index < -0.39 is 5.60 Å². The van der Waals surface area contributed by atoms with Crippen molar-refractivity contribution >= 4 is 5.78 Å². The van der Waals surface area contributed by atoms with Gasteiger partial charge in [0.05, 0.1) is 5.60 Å². The minimum Gasteiger partial charge on any atom is -0.389 e. The fourth-order valence-electron chi connectivity index (χ4n) is 3.69. The first kappa shape index (κ1) is 13.1. The Morgan fingerprint density at radius 1 is 1.29 bits per heavy atom. The van der Waals surface area contributed by atoms with E-state index in [1.54, 1.807) is 0 Å². The molecule has 2 nitrogen and oxygen atoms in total. The van der Waals surface area contributed by atoms with Crippen LogP contribution in [-0.2, 0) is 4.79 Å². The summed E-state index contributed by atoms with van der Waals surface area (Å²) in [7, 11) is 0. The van der Waals surface area contributed by atoms with Crippen LogP contribution in [0.3, 0.4) is 0 Å². The quantitative estimate of drug-likeness (QED) is 0.703. The molecule has 2 aliphatic carbocycles. The van der Waals surface area contributed by atoms with Gasteiger partial charge in [-0.2, -0.15) is 0 Å². The third kappa shape index (κ3) is 2.16. The van der Waals surface area contributed by atoms with Gasteiger partial charge in [0.1, 0.15) is 5.78 Å². The molecule has 0 aromatic carbocycles. The van der Waals surface area contributed by atoms with Crippen LogP contribution in [0.25, 0.3) is 0 Å². The van der Waals surface area contributed by atoms with Crippen LogP contribution in [0.4, 0.5) is 0 Å². The number of hydrogen-bond acceptors (Lipinski definition) is 2. The maximum atomic E-state index is 11.7. The Bertz CT molecular complexity index is 328. The van der Waals surface area contributed by atoms with Crippen LogP contribution in [-0.4, -0.2) is 16.5 Å². The highest BCUT2D eigenvalue weighted by Gasteiger charge is 2.55. The maximum absolute atomic E-state index is 11.7. The third-order valence-corrected chi connectivity index (χ3v) is 5.42. The van der Waals surface area contributed by atoms with Crippen molar-refractivity contribution in [3.8, 4) is 0 Å². The molecule has 0 aliphatic heterocycles. The average molecular weight is 238 g/mol. The number of hydrogen-bond donors (Lipinski definition) is 1. The van der Waals surface area contributed by atoms with Gasteiger partial charge in [0.15, 0.2) is 0 Å². The van der Waals surface area contributed by atoms with Gasteiger partial charge in [0, 0.05) is 12.8 Å². The Morgan fingerprint density at radius 2 is 1.94 bits per heavy atom. The highest BCUT2D eigenvalue weighted by molar-refractivity contribution is 5.80. The average Bonchev–Trinajstić information content (AvgIpc) is 2.17.